The number of aryl methyl sites for hydroxylation is 2. The summed E-state index contributed by atoms with van der Waals surface area (Å²) in [5.74, 6) is 1.81. The number of fused-ring (bicyclic) bond motifs is 1. The van der Waals surface area contributed by atoms with E-state index in [9.17, 15) is 4.79 Å². The summed E-state index contributed by atoms with van der Waals surface area (Å²) in [5, 5.41) is 8.77. The third kappa shape index (κ3) is 3.89. The van der Waals surface area contributed by atoms with Crippen LogP contribution < -0.4 is 9.64 Å². The molecule has 0 spiro atoms. The normalized spacial score (nSPS) is 16.6. The van der Waals surface area contributed by atoms with Crippen LogP contribution in [0.1, 0.15) is 41.9 Å². The Morgan fingerprint density at radius 1 is 1.04 bits per heavy atom. The number of benzene rings is 1. The molecule has 1 amide bonds. The molecule has 27 heavy (non-hydrogen) atoms. The largest absolute Gasteiger partial charge is 0.491 e. The fourth-order valence-corrected chi connectivity index (χ4v) is 3.74. The second kappa shape index (κ2) is 7.55. The van der Waals surface area contributed by atoms with Crippen molar-refractivity contribution in [1.29, 1.82) is 0 Å². The first-order valence-electron chi connectivity index (χ1n) is 9.76. The maximum Gasteiger partial charge on any atom is 0.253 e. The van der Waals surface area contributed by atoms with Crippen LogP contribution >= 0.6 is 0 Å². The van der Waals surface area contributed by atoms with E-state index >= 15 is 0 Å². The van der Waals surface area contributed by atoms with Gasteiger partial charge >= 0.3 is 0 Å². The fraction of sp³-hybridized carbons (Fsp3) is 0.476. The van der Waals surface area contributed by atoms with E-state index in [1.807, 2.05) is 43.0 Å². The van der Waals surface area contributed by atoms with Gasteiger partial charge in [-0.05, 0) is 69.0 Å². The standard InChI is InChI=1S/C21H26N4O2/c1-15(2)27-18-8-6-16(7-9-18)21(26)25-12-10-24(11-13-25)20-14-17-4-3-5-19(17)22-23-20/h6-9,14-15H,3-5,10-13H2,1-2H3. The number of carbonyl (C=O) groups excluding carboxylic acids is 1. The van der Waals surface area contributed by atoms with Crippen molar-refractivity contribution in [2.75, 3.05) is 31.1 Å². The molecule has 1 aliphatic heterocycles. The molecule has 142 valence electrons. The van der Waals surface area contributed by atoms with Crippen LogP contribution in [0.15, 0.2) is 30.3 Å². The van der Waals surface area contributed by atoms with Crippen LogP contribution in [0.4, 0.5) is 5.82 Å². The quantitative estimate of drug-likeness (QED) is 0.833. The molecule has 4 rings (SSSR count). The molecule has 0 unspecified atom stereocenters. The first-order chi connectivity index (χ1) is 13.1. The molecular formula is C21H26N4O2. The van der Waals surface area contributed by atoms with Gasteiger partial charge in [0.1, 0.15) is 5.75 Å². The SMILES string of the molecule is CC(C)Oc1ccc(C(=O)N2CCN(c3cc4c(nn3)CCC4)CC2)cc1. The smallest absolute Gasteiger partial charge is 0.253 e. The molecular weight excluding hydrogens is 340 g/mol. The Morgan fingerprint density at radius 3 is 2.48 bits per heavy atom. The van der Waals surface area contributed by atoms with E-state index in [0.717, 1.165) is 43.2 Å². The third-order valence-corrected chi connectivity index (χ3v) is 5.17. The molecule has 6 nitrogen and oxygen atoms in total. The topological polar surface area (TPSA) is 58.6 Å². The number of carbonyl (C=O) groups is 1. The van der Waals surface area contributed by atoms with E-state index in [4.69, 9.17) is 4.74 Å². The summed E-state index contributed by atoms with van der Waals surface area (Å²) in [6, 6.07) is 9.60. The van der Waals surface area contributed by atoms with Crippen molar-refractivity contribution in [2.24, 2.45) is 0 Å². The van der Waals surface area contributed by atoms with Crippen LogP contribution in [0.5, 0.6) is 5.75 Å². The Hall–Kier alpha value is -2.63. The zero-order valence-electron chi connectivity index (χ0n) is 16.0. The highest BCUT2D eigenvalue weighted by Gasteiger charge is 2.24. The van der Waals surface area contributed by atoms with Gasteiger partial charge in [-0.1, -0.05) is 0 Å². The lowest BCUT2D eigenvalue weighted by Crippen LogP contribution is -2.49. The average Bonchev–Trinajstić information content (AvgIpc) is 3.15. The minimum Gasteiger partial charge on any atom is -0.491 e. The second-order valence-electron chi connectivity index (χ2n) is 7.50. The van der Waals surface area contributed by atoms with Crippen LogP contribution in [0, 0.1) is 0 Å². The minimum atomic E-state index is 0.0748. The zero-order valence-corrected chi connectivity index (χ0v) is 16.0. The molecule has 0 N–H and O–H groups in total. The van der Waals surface area contributed by atoms with E-state index in [1.54, 1.807) is 0 Å². The first-order valence-corrected chi connectivity index (χ1v) is 9.76. The molecule has 2 aromatic rings. The summed E-state index contributed by atoms with van der Waals surface area (Å²) in [7, 11) is 0. The summed E-state index contributed by atoms with van der Waals surface area (Å²) in [6.07, 6.45) is 3.46. The third-order valence-electron chi connectivity index (χ3n) is 5.17. The maximum absolute atomic E-state index is 12.8. The predicted octanol–water partition coefficient (Wildman–Crippen LogP) is 2.71. The maximum atomic E-state index is 12.8. The van der Waals surface area contributed by atoms with Crippen molar-refractivity contribution < 1.29 is 9.53 Å². The highest BCUT2D eigenvalue weighted by molar-refractivity contribution is 5.94. The zero-order chi connectivity index (χ0) is 18.8. The minimum absolute atomic E-state index is 0.0748. The van der Waals surface area contributed by atoms with Crippen LogP contribution in [0.25, 0.3) is 0 Å². The lowest BCUT2D eigenvalue weighted by atomic mass is 10.1. The van der Waals surface area contributed by atoms with Gasteiger partial charge in [-0.15, -0.1) is 5.10 Å². The molecule has 6 heteroatoms. The summed E-state index contributed by atoms with van der Waals surface area (Å²) in [4.78, 5) is 16.9. The highest BCUT2D eigenvalue weighted by atomic mass is 16.5. The highest BCUT2D eigenvalue weighted by Crippen LogP contribution is 2.24. The Bertz CT molecular complexity index is 811. The molecule has 2 heterocycles. The van der Waals surface area contributed by atoms with Crippen molar-refractivity contribution in [1.82, 2.24) is 15.1 Å². The van der Waals surface area contributed by atoms with Gasteiger partial charge in [0.15, 0.2) is 5.82 Å². The van der Waals surface area contributed by atoms with Gasteiger partial charge in [0.25, 0.3) is 5.91 Å². The Kier molecular flexibility index (Phi) is 4.97. The van der Waals surface area contributed by atoms with Crippen molar-refractivity contribution in [3.63, 3.8) is 0 Å². The Balaban J connectivity index is 1.36. The summed E-state index contributed by atoms with van der Waals surface area (Å²) < 4.78 is 5.64. The van der Waals surface area contributed by atoms with Gasteiger partial charge in [-0.25, -0.2) is 0 Å². The molecule has 1 aliphatic carbocycles. The van der Waals surface area contributed by atoms with Gasteiger partial charge in [-0.3, -0.25) is 4.79 Å². The number of amides is 1. The molecule has 0 saturated carbocycles. The number of anilines is 1. The van der Waals surface area contributed by atoms with Gasteiger partial charge < -0.3 is 14.5 Å². The second-order valence-corrected chi connectivity index (χ2v) is 7.50. The van der Waals surface area contributed by atoms with Crippen molar-refractivity contribution in [2.45, 2.75) is 39.2 Å². The molecule has 1 saturated heterocycles. The Morgan fingerprint density at radius 2 is 1.78 bits per heavy atom. The van der Waals surface area contributed by atoms with Crippen LogP contribution in [-0.2, 0) is 12.8 Å². The van der Waals surface area contributed by atoms with Crippen LogP contribution in [0.3, 0.4) is 0 Å². The van der Waals surface area contributed by atoms with Gasteiger partial charge in [0.2, 0.25) is 0 Å². The first kappa shape index (κ1) is 17.8. The van der Waals surface area contributed by atoms with E-state index < -0.39 is 0 Å². The number of piperazine rings is 1. The van der Waals surface area contributed by atoms with Crippen LogP contribution in [0.2, 0.25) is 0 Å². The van der Waals surface area contributed by atoms with Gasteiger partial charge in [0, 0.05) is 31.7 Å². The number of aromatic nitrogens is 2. The number of hydrogen-bond acceptors (Lipinski definition) is 5. The number of rotatable bonds is 4. The summed E-state index contributed by atoms with van der Waals surface area (Å²) in [6.45, 7) is 6.94. The van der Waals surface area contributed by atoms with Crippen molar-refractivity contribution >= 4 is 11.7 Å². The summed E-state index contributed by atoms with van der Waals surface area (Å²) >= 11 is 0. The van der Waals surface area contributed by atoms with E-state index in [2.05, 4.69) is 21.2 Å². The van der Waals surface area contributed by atoms with E-state index in [0.29, 0.717) is 18.7 Å². The number of hydrogen-bond donors (Lipinski definition) is 0. The summed E-state index contributed by atoms with van der Waals surface area (Å²) in [5.41, 5.74) is 3.19. The van der Waals surface area contributed by atoms with Gasteiger partial charge in [-0.2, -0.15) is 5.10 Å². The fourth-order valence-electron chi connectivity index (χ4n) is 3.74. The van der Waals surface area contributed by atoms with E-state index in [1.165, 1.54) is 12.0 Å². The lowest BCUT2D eigenvalue weighted by molar-refractivity contribution is 0.0746. The molecule has 2 aliphatic rings. The van der Waals surface area contributed by atoms with Crippen molar-refractivity contribution in [3.05, 3.63) is 47.2 Å². The molecule has 1 fully saturated rings. The number of nitrogens with zero attached hydrogens (tertiary/aromatic N) is 4. The molecule has 1 aromatic heterocycles. The lowest BCUT2D eigenvalue weighted by Gasteiger charge is -2.35. The molecule has 0 bridgehead atoms. The van der Waals surface area contributed by atoms with Gasteiger partial charge in [0.05, 0.1) is 11.8 Å². The predicted molar refractivity (Wildman–Crippen MR) is 104 cm³/mol. The molecule has 0 radical (unpaired) electrons. The number of ether oxygens (including phenoxy) is 1. The average molecular weight is 366 g/mol. The van der Waals surface area contributed by atoms with E-state index in [-0.39, 0.29) is 12.0 Å². The molecule has 0 atom stereocenters. The van der Waals surface area contributed by atoms with Crippen LogP contribution in [-0.4, -0.2) is 53.3 Å². The monoisotopic (exact) mass is 366 g/mol. The van der Waals surface area contributed by atoms with Crippen molar-refractivity contribution in [3.8, 4) is 5.75 Å². The Labute approximate surface area is 160 Å². The molecule has 1 aromatic carbocycles.